The Labute approximate surface area is 169 Å². The summed E-state index contributed by atoms with van der Waals surface area (Å²) in [5.41, 5.74) is 1.66. The number of hydrogen-bond donors (Lipinski definition) is 1. The third kappa shape index (κ3) is 4.35. The van der Waals surface area contributed by atoms with Crippen molar-refractivity contribution in [1.82, 2.24) is 5.32 Å². The van der Waals surface area contributed by atoms with E-state index in [1.165, 1.54) is 30.0 Å². The molecular formula is C17H12BrNO4S3. The summed E-state index contributed by atoms with van der Waals surface area (Å²) in [5, 5.41) is 2.54. The molecule has 26 heavy (non-hydrogen) atoms. The van der Waals surface area contributed by atoms with E-state index < -0.39 is 10.1 Å². The third-order valence-electron chi connectivity index (χ3n) is 3.40. The summed E-state index contributed by atoms with van der Waals surface area (Å²) in [7, 11) is -3.93. The first-order valence-electron chi connectivity index (χ1n) is 7.30. The molecule has 2 aromatic rings. The normalized spacial score (nSPS) is 16.0. The van der Waals surface area contributed by atoms with Gasteiger partial charge in [0.2, 0.25) is 0 Å². The van der Waals surface area contributed by atoms with Gasteiger partial charge in [0.25, 0.3) is 5.91 Å². The number of halogens is 1. The van der Waals surface area contributed by atoms with Crippen LogP contribution in [0.4, 0.5) is 0 Å². The second-order valence-corrected chi connectivity index (χ2v) is 9.51. The van der Waals surface area contributed by atoms with Crippen molar-refractivity contribution in [3.05, 3.63) is 63.0 Å². The molecule has 1 heterocycles. The zero-order valence-corrected chi connectivity index (χ0v) is 17.4. The Morgan fingerprint density at radius 1 is 1.19 bits per heavy atom. The van der Waals surface area contributed by atoms with Crippen LogP contribution in [0.25, 0.3) is 6.08 Å². The summed E-state index contributed by atoms with van der Waals surface area (Å²) >= 11 is 9.43. The standard InChI is InChI=1S/C17H12BrNO4S3/c1-10-2-5-12(6-3-10)26(21,22)23-14-7-4-11(8-13(14)18)9-15-16(20)19-17(24)25-15/h2-9H,1H3,(H,19,20,24)/b15-9-. The molecule has 1 aliphatic heterocycles. The van der Waals surface area contributed by atoms with Crippen LogP contribution in [-0.2, 0) is 14.9 Å². The second-order valence-electron chi connectivity index (χ2n) is 5.39. The SMILES string of the molecule is Cc1ccc(S(=O)(=O)Oc2ccc(/C=C3\SC(=S)NC3=O)cc2Br)cc1. The minimum atomic E-state index is -3.93. The van der Waals surface area contributed by atoms with Crippen molar-refractivity contribution in [2.24, 2.45) is 0 Å². The average molecular weight is 470 g/mol. The Bertz CT molecular complexity index is 1030. The monoisotopic (exact) mass is 469 g/mol. The van der Waals surface area contributed by atoms with Gasteiger partial charge >= 0.3 is 10.1 Å². The van der Waals surface area contributed by atoms with Gasteiger partial charge in [0, 0.05) is 0 Å². The van der Waals surface area contributed by atoms with Crippen molar-refractivity contribution in [1.29, 1.82) is 0 Å². The Kier molecular flexibility index (Phi) is 5.52. The van der Waals surface area contributed by atoms with Crippen molar-refractivity contribution < 1.29 is 17.4 Å². The number of amides is 1. The summed E-state index contributed by atoms with van der Waals surface area (Å²) in [4.78, 5) is 12.3. The Morgan fingerprint density at radius 2 is 1.88 bits per heavy atom. The average Bonchev–Trinajstić information content (AvgIpc) is 2.88. The lowest BCUT2D eigenvalue weighted by molar-refractivity contribution is -0.115. The first-order valence-corrected chi connectivity index (χ1v) is 10.7. The van der Waals surface area contributed by atoms with Gasteiger partial charge in [-0.1, -0.05) is 47.7 Å². The molecule has 0 unspecified atom stereocenters. The summed E-state index contributed by atoms with van der Waals surface area (Å²) < 4.78 is 30.8. The van der Waals surface area contributed by atoms with Crippen LogP contribution >= 0.6 is 39.9 Å². The van der Waals surface area contributed by atoms with Crippen molar-refractivity contribution in [3.63, 3.8) is 0 Å². The first kappa shape index (κ1) is 19.1. The summed E-state index contributed by atoms with van der Waals surface area (Å²) in [6, 6.07) is 11.3. The van der Waals surface area contributed by atoms with E-state index in [9.17, 15) is 13.2 Å². The van der Waals surface area contributed by atoms with Gasteiger partial charge in [0.1, 0.15) is 9.22 Å². The molecule has 1 fully saturated rings. The fraction of sp³-hybridized carbons (Fsp3) is 0.0588. The molecule has 0 radical (unpaired) electrons. The highest BCUT2D eigenvalue weighted by Gasteiger charge is 2.22. The fourth-order valence-electron chi connectivity index (χ4n) is 2.12. The number of carbonyl (C=O) groups is 1. The number of thiocarbonyl (C=S) groups is 1. The van der Waals surface area contributed by atoms with E-state index in [0.29, 0.717) is 19.3 Å². The molecule has 134 valence electrons. The Hall–Kier alpha value is -1.68. The van der Waals surface area contributed by atoms with E-state index in [-0.39, 0.29) is 16.6 Å². The van der Waals surface area contributed by atoms with Gasteiger partial charge < -0.3 is 9.50 Å². The lowest BCUT2D eigenvalue weighted by Gasteiger charge is -2.09. The Morgan fingerprint density at radius 3 is 2.46 bits per heavy atom. The van der Waals surface area contributed by atoms with E-state index in [1.54, 1.807) is 30.3 Å². The van der Waals surface area contributed by atoms with Crippen molar-refractivity contribution in [3.8, 4) is 5.75 Å². The molecular weight excluding hydrogens is 458 g/mol. The molecule has 3 rings (SSSR count). The maximum absolute atomic E-state index is 12.4. The fourth-order valence-corrected chi connectivity index (χ4v) is 4.69. The van der Waals surface area contributed by atoms with Crippen LogP contribution in [0.3, 0.4) is 0 Å². The quantitative estimate of drug-likeness (QED) is 0.414. The van der Waals surface area contributed by atoms with Crippen LogP contribution in [0.15, 0.2) is 56.7 Å². The number of nitrogens with one attached hydrogen (secondary N) is 1. The largest absolute Gasteiger partial charge is 0.378 e. The number of rotatable bonds is 4. The molecule has 2 aromatic carbocycles. The van der Waals surface area contributed by atoms with Crippen molar-refractivity contribution in [2.75, 3.05) is 0 Å². The molecule has 9 heteroatoms. The van der Waals surface area contributed by atoms with E-state index in [2.05, 4.69) is 21.2 Å². The molecule has 0 bridgehead atoms. The zero-order valence-electron chi connectivity index (χ0n) is 13.4. The molecule has 1 amide bonds. The van der Waals surface area contributed by atoms with Crippen LogP contribution in [-0.4, -0.2) is 18.6 Å². The second kappa shape index (κ2) is 7.51. The summed E-state index contributed by atoms with van der Waals surface area (Å²) in [6.45, 7) is 1.87. The van der Waals surface area contributed by atoms with E-state index in [0.717, 1.165) is 5.56 Å². The van der Waals surface area contributed by atoms with Crippen LogP contribution in [0.5, 0.6) is 5.75 Å². The van der Waals surface area contributed by atoms with Crippen LogP contribution in [0.1, 0.15) is 11.1 Å². The molecule has 0 spiro atoms. The summed E-state index contributed by atoms with van der Waals surface area (Å²) in [5.74, 6) is -0.0924. The molecule has 1 N–H and O–H groups in total. The van der Waals surface area contributed by atoms with Crippen molar-refractivity contribution in [2.45, 2.75) is 11.8 Å². The minimum absolute atomic E-state index is 0.0775. The highest BCUT2D eigenvalue weighted by Crippen LogP contribution is 2.31. The van der Waals surface area contributed by atoms with Gasteiger partial charge in [-0.2, -0.15) is 8.42 Å². The molecule has 0 aliphatic carbocycles. The van der Waals surface area contributed by atoms with Gasteiger partial charge in [-0.05, 0) is 58.8 Å². The van der Waals surface area contributed by atoms with Gasteiger partial charge in [-0.3, -0.25) is 4.79 Å². The maximum atomic E-state index is 12.4. The highest BCUT2D eigenvalue weighted by atomic mass is 79.9. The number of aryl methyl sites for hydroxylation is 1. The number of carbonyl (C=O) groups excluding carboxylic acids is 1. The molecule has 1 aliphatic rings. The van der Waals surface area contributed by atoms with Crippen LogP contribution in [0.2, 0.25) is 0 Å². The molecule has 1 saturated heterocycles. The predicted molar refractivity (Wildman–Crippen MR) is 109 cm³/mol. The van der Waals surface area contributed by atoms with Crippen LogP contribution < -0.4 is 9.50 Å². The molecule has 0 saturated carbocycles. The van der Waals surface area contributed by atoms with E-state index in [4.69, 9.17) is 16.4 Å². The van der Waals surface area contributed by atoms with Gasteiger partial charge in [0.15, 0.2) is 5.75 Å². The van der Waals surface area contributed by atoms with Gasteiger partial charge in [0.05, 0.1) is 9.38 Å². The number of thioether (sulfide) groups is 1. The zero-order chi connectivity index (χ0) is 18.9. The minimum Gasteiger partial charge on any atom is -0.378 e. The Balaban J connectivity index is 1.84. The topological polar surface area (TPSA) is 72.5 Å². The summed E-state index contributed by atoms with van der Waals surface area (Å²) in [6.07, 6.45) is 1.67. The molecule has 0 aromatic heterocycles. The smallest absolute Gasteiger partial charge is 0.339 e. The van der Waals surface area contributed by atoms with Gasteiger partial charge in [-0.15, -0.1) is 0 Å². The lowest BCUT2D eigenvalue weighted by atomic mass is 10.2. The highest BCUT2D eigenvalue weighted by molar-refractivity contribution is 9.10. The van der Waals surface area contributed by atoms with Crippen molar-refractivity contribution >= 4 is 66.3 Å². The lowest BCUT2D eigenvalue weighted by Crippen LogP contribution is -2.17. The third-order valence-corrected chi connectivity index (χ3v) is 6.44. The first-order chi connectivity index (χ1) is 12.2. The van der Waals surface area contributed by atoms with E-state index >= 15 is 0 Å². The predicted octanol–water partition coefficient (Wildman–Crippen LogP) is 4.01. The van der Waals surface area contributed by atoms with Crippen LogP contribution in [0, 0.1) is 6.92 Å². The van der Waals surface area contributed by atoms with Gasteiger partial charge in [-0.25, -0.2) is 0 Å². The number of hydrogen-bond acceptors (Lipinski definition) is 6. The molecule has 0 atom stereocenters. The van der Waals surface area contributed by atoms with E-state index in [1.807, 2.05) is 6.92 Å². The molecule has 5 nitrogen and oxygen atoms in total. The maximum Gasteiger partial charge on any atom is 0.339 e. The number of benzene rings is 2.